The molecule has 0 aliphatic heterocycles. The third kappa shape index (κ3) is 9.66. The molecule has 0 aromatic heterocycles. The summed E-state index contributed by atoms with van der Waals surface area (Å²) >= 11 is 0. The van der Waals surface area contributed by atoms with Gasteiger partial charge in [0, 0.05) is 6.61 Å². The molecule has 0 aliphatic carbocycles. The Kier molecular flexibility index (Phi) is 6.18. The number of unbranched alkanes of at least 4 members (excludes halogenated alkanes) is 1. The van der Waals surface area contributed by atoms with Gasteiger partial charge < -0.3 is 10.5 Å². The molecule has 0 bridgehead atoms. The minimum Gasteiger partial charge on any atom is -0.364 e. The SMILES string of the molecule is C=C(C)CCCCOC(C)N. The van der Waals surface area contributed by atoms with Crippen molar-refractivity contribution in [2.45, 2.75) is 39.3 Å². The van der Waals surface area contributed by atoms with E-state index in [2.05, 4.69) is 6.58 Å². The molecule has 2 heteroatoms. The van der Waals surface area contributed by atoms with Crippen LogP contribution in [0.3, 0.4) is 0 Å². The molecule has 66 valence electrons. The summed E-state index contributed by atoms with van der Waals surface area (Å²) in [6.45, 7) is 8.49. The molecular weight excluding hydrogens is 138 g/mol. The molecule has 11 heavy (non-hydrogen) atoms. The predicted octanol–water partition coefficient (Wildman–Crippen LogP) is 2.05. The fourth-order valence-corrected chi connectivity index (χ4v) is 0.798. The quantitative estimate of drug-likeness (QED) is 0.364. The van der Waals surface area contributed by atoms with E-state index in [9.17, 15) is 0 Å². The second-order valence-electron chi connectivity index (χ2n) is 2.99. The first-order chi connectivity index (χ1) is 5.13. The molecular formula is C9H19NO. The van der Waals surface area contributed by atoms with Crippen molar-refractivity contribution in [1.82, 2.24) is 0 Å². The van der Waals surface area contributed by atoms with Crippen LogP contribution in [-0.2, 0) is 4.74 Å². The molecule has 2 N–H and O–H groups in total. The lowest BCUT2D eigenvalue weighted by Crippen LogP contribution is -2.19. The smallest absolute Gasteiger partial charge is 0.102 e. The summed E-state index contributed by atoms with van der Waals surface area (Å²) < 4.78 is 5.17. The van der Waals surface area contributed by atoms with Crippen LogP contribution in [0, 0.1) is 0 Å². The first-order valence-electron chi connectivity index (χ1n) is 4.14. The van der Waals surface area contributed by atoms with Gasteiger partial charge in [0.15, 0.2) is 0 Å². The molecule has 0 aliphatic rings. The Morgan fingerprint density at radius 1 is 1.55 bits per heavy atom. The van der Waals surface area contributed by atoms with Crippen molar-refractivity contribution in [3.05, 3.63) is 12.2 Å². The molecule has 0 aromatic rings. The van der Waals surface area contributed by atoms with Crippen molar-refractivity contribution in [1.29, 1.82) is 0 Å². The zero-order valence-corrected chi connectivity index (χ0v) is 7.60. The van der Waals surface area contributed by atoms with Gasteiger partial charge in [-0.1, -0.05) is 5.57 Å². The van der Waals surface area contributed by atoms with E-state index in [-0.39, 0.29) is 6.23 Å². The lowest BCUT2D eigenvalue weighted by Gasteiger charge is -2.06. The number of rotatable bonds is 6. The van der Waals surface area contributed by atoms with Crippen molar-refractivity contribution >= 4 is 0 Å². The van der Waals surface area contributed by atoms with E-state index in [1.807, 2.05) is 13.8 Å². The molecule has 1 unspecified atom stereocenters. The topological polar surface area (TPSA) is 35.2 Å². The van der Waals surface area contributed by atoms with Crippen LogP contribution in [0.4, 0.5) is 0 Å². The highest BCUT2D eigenvalue weighted by Crippen LogP contribution is 2.03. The van der Waals surface area contributed by atoms with Gasteiger partial charge in [-0.3, -0.25) is 0 Å². The van der Waals surface area contributed by atoms with Crippen LogP contribution >= 0.6 is 0 Å². The summed E-state index contributed by atoms with van der Waals surface area (Å²) in [5, 5.41) is 0. The Morgan fingerprint density at radius 3 is 2.64 bits per heavy atom. The van der Waals surface area contributed by atoms with Crippen LogP contribution < -0.4 is 5.73 Å². The van der Waals surface area contributed by atoms with E-state index in [4.69, 9.17) is 10.5 Å². The van der Waals surface area contributed by atoms with Gasteiger partial charge in [-0.2, -0.15) is 0 Å². The van der Waals surface area contributed by atoms with Gasteiger partial charge in [0.05, 0.1) is 0 Å². The third-order valence-electron chi connectivity index (χ3n) is 1.38. The molecule has 0 fully saturated rings. The molecule has 0 heterocycles. The minimum atomic E-state index is -0.125. The molecule has 1 atom stereocenters. The molecule has 0 radical (unpaired) electrons. The highest BCUT2D eigenvalue weighted by atomic mass is 16.5. The number of hydrogen-bond donors (Lipinski definition) is 1. The van der Waals surface area contributed by atoms with E-state index in [0.29, 0.717) is 0 Å². The number of allylic oxidation sites excluding steroid dienone is 1. The summed E-state index contributed by atoms with van der Waals surface area (Å²) in [5.41, 5.74) is 6.64. The predicted molar refractivity (Wildman–Crippen MR) is 48.3 cm³/mol. The van der Waals surface area contributed by atoms with E-state index >= 15 is 0 Å². The Balaban J connectivity index is 2.97. The molecule has 0 saturated heterocycles. The average Bonchev–Trinajstić information content (AvgIpc) is 1.85. The van der Waals surface area contributed by atoms with E-state index in [0.717, 1.165) is 25.9 Å². The molecule has 0 rings (SSSR count). The number of ether oxygens (including phenoxy) is 1. The zero-order chi connectivity index (χ0) is 8.69. The van der Waals surface area contributed by atoms with E-state index in [1.54, 1.807) is 0 Å². The summed E-state index contributed by atoms with van der Waals surface area (Å²) in [6, 6.07) is 0. The molecule has 0 spiro atoms. The van der Waals surface area contributed by atoms with Crippen LogP contribution in [0.1, 0.15) is 33.1 Å². The molecule has 0 aromatic carbocycles. The first-order valence-corrected chi connectivity index (χ1v) is 4.14. The van der Waals surface area contributed by atoms with Crippen LogP contribution in [0.2, 0.25) is 0 Å². The van der Waals surface area contributed by atoms with Gasteiger partial charge in [0.2, 0.25) is 0 Å². The standard InChI is InChI=1S/C9H19NO/c1-8(2)6-4-5-7-11-9(3)10/h9H,1,4-7,10H2,2-3H3. The highest BCUT2D eigenvalue weighted by Gasteiger charge is 1.93. The Bertz CT molecular complexity index is 110. The first kappa shape index (κ1) is 10.7. The Hall–Kier alpha value is -0.340. The van der Waals surface area contributed by atoms with E-state index < -0.39 is 0 Å². The molecule has 0 saturated carbocycles. The van der Waals surface area contributed by atoms with Crippen molar-refractivity contribution in [3.8, 4) is 0 Å². The zero-order valence-electron chi connectivity index (χ0n) is 7.60. The minimum absolute atomic E-state index is 0.125. The van der Waals surface area contributed by atoms with Crippen LogP contribution in [0.5, 0.6) is 0 Å². The fourth-order valence-electron chi connectivity index (χ4n) is 0.798. The highest BCUT2D eigenvalue weighted by molar-refractivity contribution is 4.86. The van der Waals surface area contributed by atoms with E-state index in [1.165, 1.54) is 5.57 Å². The largest absolute Gasteiger partial charge is 0.364 e. The van der Waals surface area contributed by atoms with Gasteiger partial charge >= 0.3 is 0 Å². The van der Waals surface area contributed by atoms with Crippen LogP contribution in [-0.4, -0.2) is 12.8 Å². The van der Waals surface area contributed by atoms with Crippen LogP contribution in [0.15, 0.2) is 12.2 Å². The maximum Gasteiger partial charge on any atom is 0.102 e. The van der Waals surface area contributed by atoms with Gasteiger partial charge in [-0.25, -0.2) is 0 Å². The molecule has 2 nitrogen and oxygen atoms in total. The van der Waals surface area contributed by atoms with Crippen molar-refractivity contribution in [2.75, 3.05) is 6.61 Å². The number of nitrogens with two attached hydrogens (primary N) is 1. The maximum absolute atomic E-state index is 5.39. The molecule has 0 amide bonds. The van der Waals surface area contributed by atoms with Crippen molar-refractivity contribution < 1.29 is 4.74 Å². The van der Waals surface area contributed by atoms with Crippen molar-refractivity contribution in [3.63, 3.8) is 0 Å². The second-order valence-corrected chi connectivity index (χ2v) is 2.99. The Labute approximate surface area is 69.4 Å². The monoisotopic (exact) mass is 157 g/mol. The second kappa shape index (κ2) is 6.38. The van der Waals surface area contributed by atoms with Gasteiger partial charge in [0.25, 0.3) is 0 Å². The third-order valence-corrected chi connectivity index (χ3v) is 1.38. The summed E-state index contributed by atoms with van der Waals surface area (Å²) in [7, 11) is 0. The van der Waals surface area contributed by atoms with Gasteiger partial charge in [-0.05, 0) is 33.1 Å². The van der Waals surface area contributed by atoms with Gasteiger partial charge in [0.1, 0.15) is 6.23 Å². The fraction of sp³-hybridized carbons (Fsp3) is 0.778. The van der Waals surface area contributed by atoms with Crippen LogP contribution in [0.25, 0.3) is 0 Å². The lowest BCUT2D eigenvalue weighted by atomic mass is 10.1. The van der Waals surface area contributed by atoms with Gasteiger partial charge in [-0.15, -0.1) is 6.58 Å². The summed E-state index contributed by atoms with van der Waals surface area (Å²) in [6.07, 6.45) is 3.21. The summed E-state index contributed by atoms with van der Waals surface area (Å²) in [5.74, 6) is 0. The number of hydrogen-bond acceptors (Lipinski definition) is 2. The van der Waals surface area contributed by atoms with Crippen molar-refractivity contribution in [2.24, 2.45) is 5.73 Å². The lowest BCUT2D eigenvalue weighted by molar-refractivity contribution is 0.0680. The normalized spacial score (nSPS) is 13.0. The summed E-state index contributed by atoms with van der Waals surface area (Å²) in [4.78, 5) is 0. The average molecular weight is 157 g/mol. The Morgan fingerprint density at radius 2 is 2.18 bits per heavy atom. The maximum atomic E-state index is 5.39.